The summed E-state index contributed by atoms with van der Waals surface area (Å²) in [7, 11) is 2.97. The Hall–Kier alpha value is -3.99. The van der Waals surface area contributed by atoms with Crippen LogP contribution >= 0.6 is 15.9 Å². The molecule has 3 heterocycles. The van der Waals surface area contributed by atoms with Crippen molar-refractivity contribution in [2.75, 3.05) is 0 Å². The van der Waals surface area contributed by atoms with E-state index in [-0.39, 0.29) is 16.9 Å². The second-order valence-corrected chi connectivity index (χ2v) is 8.21. The predicted octanol–water partition coefficient (Wildman–Crippen LogP) is 3.01. The summed E-state index contributed by atoms with van der Waals surface area (Å²) >= 11 is 3.42. The summed E-state index contributed by atoms with van der Waals surface area (Å²) in [6.45, 7) is 0. The molecule has 0 spiro atoms. The summed E-state index contributed by atoms with van der Waals surface area (Å²) in [4.78, 5) is 40.8. The van der Waals surface area contributed by atoms with Crippen LogP contribution in [0.5, 0.6) is 0 Å². The van der Waals surface area contributed by atoms with Crippen LogP contribution in [0.4, 0.5) is 5.69 Å². The predicted molar refractivity (Wildman–Crippen MR) is 122 cm³/mol. The molecular weight excluding hydrogens is 480 g/mol. The van der Waals surface area contributed by atoms with E-state index in [2.05, 4.69) is 20.9 Å². The molecule has 0 aliphatic heterocycles. The Morgan fingerprint density at radius 3 is 2.44 bits per heavy atom. The van der Waals surface area contributed by atoms with Gasteiger partial charge in [-0.2, -0.15) is 4.98 Å². The number of nitro benzene ring substituents is 1. The van der Waals surface area contributed by atoms with Crippen molar-refractivity contribution in [3.8, 4) is 16.9 Å². The monoisotopic (exact) mass is 494 g/mol. The van der Waals surface area contributed by atoms with Crippen LogP contribution in [0.3, 0.4) is 0 Å². The number of aromatic nitrogens is 5. The number of hydrogen-bond acceptors (Lipinski definition) is 5. The van der Waals surface area contributed by atoms with E-state index in [1.807, 2.05) is 24.3 Å². The second kappa shape index (κ2) is 7.02. The highest BCUT2D eigenvalue weighted by atomic mass is 79.9. The summed E-state index contributed by atoms with van der Waals surface area (Å²) in [5.74, 6) is 0.405. The van der Waals surface area contributed by atoms with Crippen LogP contribution in [0.25, 0.3) is 33.9 Å². The molecule has 0 saturated heterocycles. The minimum Gasteiger partial charge on any atom is -0.279 e. The lowest BCUT2D eigenvalue weighted by atomic mass is 10.1. The zero-order valence-corrected chi connectivity index (χ0v) is 18.5. The Bertz CT molecular complexity index is 1670. The number of aryl methyl sites for hydroxylation is 1. The molecule has 0 aliphatic rings. The standard InChI is InChI=1S/C21H15BrN6O4/c1-24-18-17(19(29)25(2)21(24)30)26-11-16(12-4-3-5-15(10-12)28(31)32)27(20(26)23-18)14-8-6-13(22)7-9-14/h3-11H,1-2H3. The highest BCUT2D eigenvalue weighted by Gasteiger charge is 2.22. The third-order valence-electron chi connectivity index (χ3n) is 5.40. The molecule has 5 aromatic rings. The van der Waals surface area contributed by atoms with Crippen molar-refractivity contribution < 1.29 is 4.92 Å². The van der Waals surface area contributed by atoms with Crippen molar-refractivity contribution in [3.63, 3.8) is 0 Å². The van der Waals surface area contributed by atoms with Gasteiger partial charge in [0.25, 0.3) is 11.2 Å². The molecule has 32 heavy (non-hydrogen) atoms. The van der Waals surface area contributed by atoms with Crippen LogP contribution in [0.2, 0.25) is 0 Å². The maximum Gasteiger partial charge on any atom is 0.332 e. The third kappa shape index (κ3) is 2.82. The van der Waals surface area contributed by atoms with Crippen LogP contribution in [0.1, 0.15) is 0 Å². The smallest absolute Gasteiger partial charge is 0.279 e. The van der Waals surface area contributed by atoms with E-state index >= 15 is 0 Å². The van der Waals surface area contributed by atoms with Crippen molar-refractivity contribution in [1.29, 1.82) is 0 Å². The molecule has 3 aromatic heterocycles. The fourth-order valence-corrected chi connectivity index (χ4v) is 4.06. The van der Waals surface area contributed by atoms with Crippen molar-refractivity contribution in [1.82, 2.24) is 23.1 Å². The average molecular weight is 495 g/mol. The van der Waals surface area contributed by atoms with Crippen molar-refractivity contribution in [2.45, 2.75) is 0 Å². The van der Waals surface area contributed by atoms with Gasteiger partial charge in [-0.25, -0.2) is 4.79 Å². The van der Waals surface area contributed by atoms with Crippen molar-refractivity contribution in [3.05, 3.63) is 90.2 Å². The molecule has 2 aromatic carbocycles. The Labute approximate surface area is 187 Å². The first-order valence-corrected chi connectivity index (χ1v) is 10.3. The van der Waals surface area contributed by atoms with Crippen molar-refractivity contribution in [2.24, 2.45) is 14.1 Å². The summed E-state index contributed by atoms with van der Waals surface area (Å²) in [5.41, 5.74) is 1.43. The van der Waals surface area contributed by atoms with Gasteiger partial charge in [-0.15, -0.1) is 0 Å². The lowest BCUT2D eigenvalue weighted by Gasteiger charge is -2.09. The molecule has 5 rings (SSSR count). The largest absolute Gasteiger partial charge is 0.332 e. The zero-order valence-electron chi connectivity index (χ0n) is 16.9. The molecule has 0 bridgehead atoms. The fourth-order valence-electron chi connectivity index (χ4n) is 3.80. The molecule has 0 radical (unpaired) electrons. The molecular formula is C21H15BrN6O4. The first-order chi connectivity index (χ1) is 15.3. The number of benzene rings is 2. The Kier molecular flexibility index (Phi) is 4.38. The fraction of sp³-hybridized carbons (Fsp3) is 0.0952. The van der Waals surface area contributed by atoms with Gasteiger partial charge < -0.3 is 0 Å². The highest BCUT2D eigenvalue weighted by Crippen LogP contribution is 2.31. The van der Waals surface area contributed by atoms with Crippen molar-refractivity contribution >= 4 is 38.6 Å². The Morgan fingerprint density at radius 2 is 1.75 bits per heavy atom. The maximum absolute atomic E-state index is 12.9. The summed E-state index contributed by atoms with van der Waals surface area (Å²) < 4.78 is 6.65. The van der Waals surface area contributed by atoms with Crippen LogP contribution < -0.4 is 11.2 Å². The third-order valence-corrected chi connectivity index (χ3v) is 5.93. The van der Waals surface area contributed by atoms with Gasteiger partial charge >= 0.3 is 5.69 Å². The van der Waals surface area contributed by atoms with Crippen LogP contribution in [-0.4, -0.2) is 28.0 Å². The Balaban J connectivity index is 1.94. The normalized spacial score (nSPS) is 11.5. The van der Waals surface area contributed by atoms with Gasteiger partial charge in [0.2, 0.25) is 5.78 Å². The lowest BCUT2D eigenvalue weighted by Crippen LogP contribution is -2.37. The zero-order chi connectivity index (χ0) is 22.7. The minimum atomic E-state index is -0.478. The van der Waals surface area contributed by atoms with E-state index in [1.165, 1.54) is 23.7 Å². The van der Waals surface area contributed by atoms with Gasteiger partial charge in [0.05, 0.1) is 10.6 Å². The van der Waals surface area contributed by atoms with E-state index in [1.54, 1.807) is 34.3 Å². The van der Waals surface area contributed by atoms with Crippen LogP contribution in [0.15, 0.2) is 68.8 Å². The molecule has 11 heteroatoms. The van der Waals surface area contributed by atoms with Gasteiger partial charge in [-0.1, -0.05) is 28.1 Å². The summed E-state index contributed by atoms with van der Waals surface area (Å²) in [6, 6.07) is 13.7. The summed E-state index contributed by atoms with van der Waals surface area (Å²) in [6.07, 6.45) is 1.71. The molecule has 10 nitrogen and oxygen atoms in total. The molecule has 0 fully saturated rings. The Morgan fingerprint density at radius 1 is 1.03 bits per heavy atom. The number of halogens is 1. The second-order valence-electron chi connectivity index (χ2n) is 7.29. The van der Waals surface area contributed by atoms with E-state index in [0.29, 0.717) is 17.0 Å². The van der Waals surface area contributed by atoms with Crippen LogP contribution in [-0.2, 0) is 14.1 Å². The SMILES string of the molecule is Cn1c(=O)c2c(nc3n(-c4ccc(Br)cc4)c(-c4cccc([N+](=O)[O-])c4)cn23)n(C)c1=O. The topological polar surface area (TPSA) is 109 Å². The lowest BCUT2D eigenvalue weighted by molar-refractivity contribution is -0.384. The number of fused-ring (bicyclic) bond motifs is 3. The number of rotatable bonds is 3. The molecule has 0 saturated carbocycles. The highest BCUT2D eigenvalue weighted by molar-refractivity contribution is 9.10. The quantitative estimate of drug-likeness (QED) is 0.282. The van der Waals surface area contributed by atoms with Gasteiger partial charge in [0.1, 0.15) is 0 Å². The van der Waals surface area contributed by atoms with E-state index in [0.717, 1.165) is 14.7 Å². The van der Waals surface area contributed by atoms with Gasteiger partial charge in [-0.05, 0) is 24.3 Å². The van der Waals surface area contributed by atoms with Gasteiger partial charge in [0.15, 0.2) is 11.2 Å². The number of imidazole rings is 2. The first-order valence-electron chi connectivity index (χ1n) is 9.48. The molecule has 0 atom stereocenters. The minimum absolute atomic E-state index is 0.0492. The number of non-ortho nitro benzene ring substituents is 1. The van der Waals surface area contributed by atoms with E-state index < -0.39 is 16.2 Å². The average Bonchev–Trinajstić information content (AvgIpc) is 3.33. The molecule has 0 unspecified atom stereocenters. The van der Waals surface area contributed by atoms with Gasteiger partial charge in [0, 0.05) is 48.1 Å². The van der Waals surface area contributed by atoms with Crippen LogP contribution in [0, 0.1) is 10.1 Å². The molecule has 0 aliphatic carbocycles. The van der Waals surface area contributed by atoms with Gasteiger partial charge in [-0.3, -0.25) is 33.0 Å². The maximum atomic E-state index is 12.9. The summed E-state index contributed by atoms with van der Waals surface area (Å²) in [5, 5.41) is 11.3. The van der Waals surface area contributed by atoms with E-state index in [9.17, 15) is 19.7 Å². The molecule has 0 N–H and O–H groups in total. The first kappa shape index (κ1) is 19.9. The molecule has 0 amide bonds. The number of hydrogen-bond donors (Lipinski definition) is 0. The number of nitro groups is 1. The van der Waals surface area contributed by atoms with E-state index in [4.69, 9.17) is 0 Å². The number of nitrogens with zero attached hydrogens (tertiary/aromatic N) is 6. The molecule has 160 valence electrons.